The van der Waals surface area contributed by atoms with E-state index in [-0.39, 0.29) is 23.8 Å². The third kappa shape index (κ3) is 8.96. The molecule has 6 heteroatoms. The van der Waals surface area contributed by atoms with Gasteiger partial charge in [-0.3, -0.25) is 9.59 Å². The van der Waals surface area contributed by atoms with Crippen molar-refractivity contribution >= 4 is 27.7 Å². The standard InChI is InChI=1S/C33H41BrN2O3/c1-23-13-11-12-16-25(23)21-36(28(31(38)35-33(5,6)7)19-24-14-9-8-10-15-24)30(37)22-39-29-18-17-26(20-27(29)34)32(2,3)4/h8-18,20,28H,19,21-22H2,1-7H3,(H,35,38)/t28-/m1/s1. The number of halogens is 1. The number of hydrogen-bond donors (Lipinski definition) is 1. The zero-order valence-electron chi connectivity index (χ0n) is 24.2. The van der Waals surface area contributed by atoms with E-state index in [2.05, 4.69) is 42.0 Å². The zero-order valence-corrected chi connectivity index (χ0v) is 25.8. The van der Waals surface area contributed by atoms with E-state index in [1.54, 1.807) is 4.90 Å². The summed E-state index contributed by atoms with van der Waals surface area (Å²) in [6.07, 6.45) is 0.393. The first-order valence-corrected chi connectivity index (χ1v) is 14.2. The molecule has 0 unspecified atom stereocenters. The van der Waals surface area contributed by atoms with E-state index >= 15 is 0 Å². The van der Waals surface area contributed by atoms with Gasteiger partial charge in [0, 0.05) is 18.5 Å². The van der Waals surface area contributed by atoms with E-state index in [1.807, 2.05) is 100 Å². The molecule has 0 aliphatic carbocycles. The van der Waals surface area contributed by atoms with Crippen molar-refractivity contribution < 1.29 is 14.3 Å². The van der Waals surface area contributed by atoms with Gasteiger partial charge in [-0.15, -0.1) is 0 Å². The van der Waals surface area contributed by atoms with Crippen molar-refractivity contribution in [3.05, 3.63) is 99.5 Å². The second kappa shape index (κ2) is 12.8. The van der Waals surface area contributed by atoms with Crippen molar-refractivity contribution in [3.8, 4) is 5.75 Å². The molecule has 2 amide bonds. The van der Waals surface area contributed by atoms with Crippen molar-refractivity contribution in [2.45, 2.75) is 78.4 Å². The summed E-state index contributed by atoms with van der Waals surface area (Å²) >= 11 is 3.61. The van der Waals surface area contributed by atoms with Crippen LogP contribution in [0.5, 0.6) is 5.75 Å². The van der Waals surface area contributed by atoms with Crippen LogP contribution < -0.4 is 10.1 Å². The maximum Gasteiger partial charge on any atom is 0.261 e. The van der Waals surface area contributed by atoms with Crippen LogP contribution in [-0.2, 0) is 28.0 Å². The van der Waals surface area contributed by atoms with E-state index in [0.29, 0.717) is 18.7 Å². The topological polar surface area (TPSA) is 58.6 Å². The van der Waals surface area contributed by atoms with Gasteiger partial charge in [0.05, 0.1) is 4.47 Å². The molecule has 0 spiro atoms. The van der Waals surface area contributed by atoms with E-state index in [4.69, 9.17) is 4.74 Å². The largest absolute Gasteiger partial charge is 0.483 e. The molecule has 0 heterocycles. The predicted octanol–water partition coefficient (Wildman–Crippen LogP) is 6.99. The number of benzene rings is 3. The molecule has 0 radical (unpaired) electrons. The fourth-order valence-corrected chi connectivity index (χ4v) is 4.78. The molecular formula is C33H41BrN2O3. The van der Waals surface area contributed by atoms with Gasteiger partial charge in [-0.25, -0.2) is 0 Å². The van der Waals surface area contributed by atoms with Gasteiger partial charge in [0.15, 0.2) is 6.61 Å². The SMILES string of the molecule is Cc1ccccc1CN(C(=O)COc1ccc(C(C)(C)C)cc1Br)[C@H](Cc1ccccc1)C(=O)NC(C)(C)C. The molecular weight excluding hydrogens is 552 g/mol. The van der Waals surface area contributed by atoms with Crippen molar-refractivity contribution in [1.29, 1.82) is 0 Å². The highest BCUT2D eigenvalue weighted by atomic mass is 79.9. The third-order valence-electron chi connectivity index (χ3n) is 6.52. The maximum absolute atomic E-state index is 13.9. The summed E-state index contributed by atoms with van der Waals surface area (Å²) in [5.41, 5.74) is 3.74. The van der Waals surface area contributed by atoms with Gasteiger partial charge >= 0.3 is 0 Å². The molecule has 0 aliphatic heterocycles. The molecule has 208 valence electrons. The van der Waals surface area contributed by atoms with Gasteiger partial charge < -0.3 is 15.0 Å². The Balaban J connectivity index is 1.94. The van der Waals surface area contributed by atoms with Gasteiger partial charge in [-0.05, 0) is 83.4 Å². The molecule has 0 saturated carbocycles. The number of hydrogen-bond acceptors (Lipinski definition) is 3. The van der Waals surface area contributed by atoms with Gasteiger partial charge in [-0.1, -0.05) is 81.4 Å². The fourth-order valence-electron chi connectivity index (χ4n) is 4.28. The number of ether oxygens (including phenoxy) is 1. The second-order valence-corrected chi connectivity index (χ2v) is 12.9. The van der Waals surface area contributed by atoms with Crippen LogP contribution >= 0.6 is 15.9 Å². The number of carbonyl (C=O) groups excluding carboxylic acids is 2. The molecule has 3 aromatic rings. The van der Waals surface area contributed by atoms with Crippen LogP contribution in [0.15, 0.2) is 77.3 Å². The predicted molar refractivity (Wildman–Crippen MR) is 162 cm³/mol. The minimum Gasteiger partial charge on any atom is -0.483 e. The van der Waals surface area contributed by atoms with E-state index < -0.39 is 11.6 Å². The van der Waals surface area contributed by atoms with Crippen LogP contribution in [0.1, 0.15) is 63.8 Å². The van der Waals surface area contributed by atoms with Crippen molar-refractivity contribution in [3.63, 3.8) is 0 Å². The first-order valence-electron chi connectivity index (χ1n) is 13.4. The Morgan fingerprint density at radius 2 is 1.56 bits per heavy atom. The molecule has 0 aromatic heterocycles. The monoisotopic (exact) mass is 592 g/mol. The Labute approximate surface area is 242 Å². The molecule has 0 aliphatic rings. The smallest absolute Gasteiger partial charge is 0.261 e. The zero-order chi connectivity index (χ0) is 28.8. The van der Waals surface area contributed by atoms with E-state index in [1.165, 1.54) is 0 Å². The molecule has 1 N–H and O–H groups in total. The average Bonchev–Trinajstić information content (AvgIpc) is 2.85. The summed E-state index contributed by atoms with van der Waals surface area (Å²) in [5.74, 6) is 0.144. The summed E-state index contributed by atoms with van der Waals surface area (Å²) in [7, 11) is 0. The number of nitrogens with zero attached hydrogens (tertiary/aromatic N) is 1. The number of carbonyl (C=O) groups is 2. The van der Waals surface area contributed by atoms with Crippen LogP contribution in [0.25, 0.3) is 0 Å². The summed E-state index contributed by atoms with van der Waals surface area (Å²) < 4.78 is 6.82. The Morgan fingerprint density at radius 1 is 0.923 bits per heavy atom. The number of amides is 2. The molecule has 1 atom stereocenters. The molecule has 39 heavy (non-hydrogen) atoms. The fraction of sp³-hybridized carbons (Fsp3) is 0.394. The van der Waals surface area contributed by atoms with E-state index in [9.17, 15) is 9.59 Å². The molecule has 3 rings (SSSR count). The normalized spacial score (nSPS) is 12.5. The lowest BCUT2D eigenvalue weighted by Gasteiger charge is -2.34. The number of aryl methyl sites for hydroxylation is 1. The first kappa shape index (κ1) is 30.4. The minimum absolute atomic E-state index is 0.00765. The van der Waals surface area contributed by atoms with Crippen molar-refractivity contribution in [1.82, 2.24) is 10.2 Å². The Bertz CT molecular complexity index is 1280. The molecule has 5 nitrogen and oxygen atoms in total. The molecule has 3 aromatic carbocycles. The highest BCUT2D eigenvalue weighted by Crippen LogP contribution is 2.31. The van der Waals surface area contributed by atoms with Crippen LogP contribution in [-0.4, -0.2) is 34.9 Å². The average molecular weight is 594 g/mol. The number of rotatable bonds is 9. The molecule has 0 bridgehead atoms. The highest BCUT2D eigenvalue weighted by Gasteiger charge is 2.32. The van der Waals surface area contributed by atoms with Crippen molar-refractivity contribution in [2.75, 3.05) is 6.61 Å². The van der Waals surface area contributed by atoms with Crippen LogP contribution in [0.3, 0.4) is 0 Å². The van der Waals surface area contributed by atoms with Gasteiger partial charge in [0.1, 0.15) is 11.8 Å². The Morgan fingerprint density at radius 3 is 2.15 bits per heavy atom. The quantitative estimate of drug-likeness (QED) is 0.291. The van der Waals surface area contributed by atoms with Crippen LogP contribution in [0.4, 0.5) is 0 Å². The van der Waals surface area contributed by atoms with Crippen LogP contribution in [0, 0.1) is 6.92 Å². The minimum atomic E-state index is -0.714. The lowest BCUT2D eigenvalue weighted by atomic mass is 9.87. The number of nitrogens with one attached hydrogen (secondary N) is 1. The summed E-state index contributed by atoms with van der Waals surface area (Å²) in [6.45, 7) is 14.4. The van der Waals surface area contributed by atoms with E-state index in [0.717, 1.165) is 26.7 Å². The summed E-state index contributed by atoms with van der Waals surface area (Å²) in [5, 5.41) is 3.10. The highest BCUT2D eigenvalue weighted by molar-refractivity contribution is 9.10. The molecule has 0 saturated heterocycles. The lowest BCUT2D eigenvalue weighted by Crippen LogP contribution is -2.55. The third-order valence-corrected chi connectivity index (χ3v) is 7.14. The van der Waals surface area contributed by atoms with Gasteiger partial charge in [-0.2, -0.15) is 0 Å². The van der Waals surface area contributed by atoms with Crippen molar-refractivity contribution in [2.24, 2.45) is 0 Å². The Hall–Kier alpha value is -3.12. The molecule has 0 fully saturated rings. The maximum atomic E-state index is 13.9. The van der Waals surface area contributed by atoms with Gasteiger partial charge in [0.25, 0.3) is 5.91 Å². The van der Waals surface area contributed by atoms with Crippen LogP contribution in [0.2, 0.25) is 0 Å². The Kier molecular flexibility index (Phi) is 10.0. The summed E-state index contributed by atoms with van der Waals surface area (Å²) in [6, 6.07) is 23.0. The second-order valence-electron chi connectivity index (χ2n) is 12.1. The lowest BCUT2D eigenvalue weighted by molar-refractivity contribution is -0.143. The summed E-state index contributed by atoms with van der Waals surface area (Å²) in [4.78, 5) is 29.2. The first-order chi connectivity index (χ1) is 18.2. The van der Waals surface area contributed by atoms with Gasteiger partial charge in [0.2, 0.25) is 5.91 Å².